The lowest BCUT2D eigenvalue weighted by Crippen LogP contribution is -2.35. The van der Waals surface area contributed by atoms with Gasteiger partial charge in [-0.25, -0.2) is 8.78 Å². The number of carbonyl (C=O) groups is 1. The molecule has 2 aromatic rings. The second kappa shape index (κ2) is 5.09. The van der Waals surface area contributed by atoms with Crippen molar-refractivity contribution < 1.29 is 18.7 Å². The Morgan fingerprint density at radius 3 is 3.00 bits per heavy atom. The number of hydrogen-bond acceptors (Lipinski definition) is 3. The van der Waals surface area contributed by atoms with E-state index in [9.17, 15) is 13.6 Å². The van der Waals surface area contributed by atoms with Crippen LogP contribution in [0.3, 0.4) is 0 Å². The Hall–Kier alpha value is -2.02. The minimum absolute atomic E-state index is 0.324. The van der Waals surface area contributed by atoms with E-state index >= 15 is 0 Å². The lowest BCUT2D eigenvalue weighted by atomic mass is 10.1. The molecule has 18 heavy (non-hydrogen) atoms. The fraction of sp³-hybridized carbons (Fsp3) is 0.273. The number of aliphatic hydroxyl groups excluding tert-OH is 1. The number of carbonyl (C=O) groups excluding carboxylic acids is 1. The standard InChI is InChI=1S/C11H11F2N3O2/c12-10(13)9(17)5-14-11(18)6-1-2-8-7(3-6)4-15-16-8/h1-4,9-10,17H,5H2,(H,14,18)(H,15,16). The Kier molecular flexibility index (Phi) is 3.52. The van der Waals surface area contributed by atoms with Gasteiger partial charge in [0.25, 0.3) is 12.3 Å². The first kappa shape index (κ1) is 12.4. The molecule has 5 nitrogen and oxygen atoms in total. The lowest BCUT2D eigenvalue weighted by Gasteiger charge is -2.10. The van der Waals surface area contributed by atoms with E-state index in [1.54, 1.807) is 24.4 Å². The molecule has 0 aliphatic carbocycles. The first-order valence-electron chi connectivity index (χ1n) is 5.25. The molecule has 0 saturated heterocycles. The van der Waals surface area contributed by atoms with Crippen LogP contribution >= 0.6 is 0 Å². The quantitative estimate of drug-likeness (QED) is 0.760. The van der Waals surface area contributed by atoms with E-state index in [2.05, 4.69) is 15.5 Å². The van der Waals surface area contributed by atoms with Gasteiger partial charge < -0.3 is 10.4 Å². The largest absolute Gasteiger partial charge is 0.385 e. The number of H-pyrrole nitrogens is 1. The van der Waals surface area contributed by atoms with Crippen LogP contribution in [0, 0.1) is 0 Å². The van der Waals surface area contributed by atoms with Crippen molar-refractivity contribution in [3.8, 4) is 0 Å². The molecule has 1 atom stereocenters. The first-order chi connectivity index (χ1) is 8.58. The number of benzene rings is 1. The summed E-state index contributed by atoms with van der Waals surface area (Å²) in [5, 5.41) is 18.4. The zero-order chi connectivity index (χ0) is 13.1. The lowest BCUT2D eigenvalue weighted by molar-refractivity contribution is -0.00270. The van der Waals surface area contributed by atoms with Crippen molar-refractivity contribution >= 4 is 16.8 Å². The third-order valence-corrected chi connectivity index (χ3v) is 2.47. The maximum Gasteiger partial charge on any atom is 0.265 e. The van der Waals surface area contributed by atoms with E-state index < -0.39 is 25.0 Å². The monoisotopic (exact) mass is 255 g/mol. The van der Waals surface area contributed by atoms with Gasteiger partial charge in [0.1, 0.15) is 6.10 Å². The van der Waals surface area contributed by atoms with E-state index in [1.807, 2.05) is 0 Å². The Balaban J connectivity index is 2.04. The molecule has 0 saturated carbocycles. The zero-order valence-electron chi connectivity index (χ0n) is 9.23. The second-order valence-corrected chi connectivity index (χ2v) is 3.78. The number of hydrogen-bond donors (Lipinski definition) is 3. The molecule has 0 aliphatic heterocycles. The smallest absolute Gasteiger partial charge is 0.265 e. The van der Waals surface area contributed by atoms with Crippen molar-refractivity contribution in [1.82, 2.24) is 15.5 Å². The van der Waals surface area contributed by atoms with Gasteiger partial charge in [0.15, 0.2) is 0 Å². The second-order valence-electron chi connectivity index (χ2n) is 3.78. The molecule has 96 valence electrons. The normalized spacial score (nSPS) is 12.9. The Morgan fingerprint density at radius 2 is 2.28 bits per heavy atom. The summed E-state index contributed by atoms with van der Waals surface area (Å²) in [6.07, 6.45) is -3.17. The molecule has 1 unspecified atom stereocenters. The maximum absolute atomic E-state index is 12.0. The molecule has 3 N–H and O–H groups in total. The van der Waals surface area contributed by atoms with Gasteiger partial charge in [0.2, 0.25) is 0 Å². The van der Waals surface area contributed by atoms with Gasteiger partial charge in [0, 0.05) is 17.5 Å². The van der Waals surface area contributed by atoms with Crippen LogP contribution in [0.25, 0.3) is 10.9 Å². The van der Waals surface area contributed by atoms with Crippen molar-refractivity contribution in [3.63, 3.8) is 0 Å². The Labute approximate surface area is 101 Å². The number of nitrogens with zero attached hydrogens (tertiary/aromatic N) is 1. The fourth-order valence-electron chi connectivity index (χ4n) is 1.47. The number of amides is 1. The predicted octanol–water partition coefficient (Wildman–Crippen LogP) is 0.919. The number of halogens is 2. The number of nitrogens with one attached hydrogen (secondary N) is 2. The molecule has 7 heteroatoms. The molecule has 1 aromatic carbocycles. The summed E-state index contributed by atoms with van der Waals surface area (Å²) in [6, 6.07) is 4.80. The van der Waals surface area contributed by atoms with Crippen LogP contribution in [-0.4, -0.2) is 40.3 Å². The van der Waals surface area contributed by atoms with Crippen molar-refractivity contribution in [1.29, 1.82) is 0 Å². The van der Waals surface area contributed by atoms with Crippen molar-refractivity contribution in [3.05, 3.63) is 30.0 Å². The molecular formula is C11H11F2N3O2. The number of aromatic amines is 1. The van der Waals surface area contributed by atoms with Gasteiger partial charge in [-0.2, -0.15) is 5.10 Å². The molecule has 1 amide bonds. The predicted molar refractivity (Wildman–Crippen MR) is 60.4 cm³/mol. The van der Waals surface area contributed by atoms with Crippen LogP contribution in [0.1, 0.15) is 10.4 Å². The van der Waals surface area contributed by atoms with E-state index in [-0.39, 0.29) is 0 Å². The van der Waals surface area contributed by atoms with Gasteiger partial charge in [-0.1, -0.05) is 0 Å². The van der Waals surface area contributed by atoms with Crippen LogP contribution in [-0.2, 0) is 0 Å². The van der Waals surface area contributed by atoms with Crippen LogP contribution in [0.2, 0.25) is 0 Å². The molecule has 0 aliphatic rings. The molecule has 0 spiro atoms. The van der Waals surface area contributed by atoms with Crippen LogP contribution in [0.4, 0.5) is 8.78 Å². The van der Waals surface area contributed by atoms with Crippen LogP contribution in [0.15, 0.2) is 24.4 Å². The van der Waals surface area contributed by atoms with E-state index in [4.69, 9.17) is 5.11 Å². The van der Waals surface area contributed by atoms with E-state index in [0.717, 1.165) is 10.9 Å². The summed E-state index contributed by atoms with van der Waals surface area (Å²) in [7, 11) is 0. The molecule has 1 heterocycles. The van der Waals surface area contributed by atoms with Crippen molar-refractivity contribution in [2.45, 2.75) is 12.5 Å². The molecule has 2 rings (SSSR count). The zero-order valence-corrected chi connectivity index (χ0v) is 9.23. The number of aromatic nitrogens is 2. The number of rotatable bonds is 4. The highest BCUT2D eigenvalue weighted by Gasteiger charge is 2.17. The van der Waals surface area contributed by atoms with Gasteiger partial charge in [-0.15, -0.1) is 0 Å². The van der Waals surface area contributed by atoms with Gasteiger partial charge in [0.05, 0.1) is 11.7 Å². The fourth-order valence-corrected chi connectivity index (χ4v) is 1.47. The number of aliphatic hydroxyl groups is 1. The number of alkyl halides is 2. The van der Waals surface area contributed by atoms with Crippen molar-refractivity contribution in [2.75, 3.05) is 6.54 Å². The molecule has 0 bridgehead atoms. The SMILES string of the molecule is O=C(NCC(O)C(F)F)c1ccc2[nH]ncc2c1. The highest BCUT2D eigenvalue weighted by Crippen LogP contribution is 2.12. The topological polar surface area (TPSA) is 78.0 Å². The molecule has 0 fully saturated rings. The maximum atomic E-state index is 12.0. The summed E-state index contributed by atoms with van der Waals surface area (Å²) in [4.78, 5) is 11.6. The van der Waals surface area contributed by atoms with E-state index in [0.29, 0.717) is 5.56 Å². The van der Waals surface area contributed by atoms with Gasteiger partial charge >= 0.3 is 0 Å². The summed E-state index contributed by atoms with van der Waals surface area (Å²) in [5.74, 6) is -0.516. The minimum atomic E-state index is -2.87. The highest BCUT2D eigenvalue weighted by atomic mass is 19.3. The average Bonchev–Trinajstić information content (AvgIpc) is 2.82. The third kappa shape index (κ3) is 2.62. The molecule has 1 aromatic heterocycles. The molecular weight excluding hydrogens is 244 g/mol. The first-order valence-corrected chi connectivity index (χ1v) is 5.25. The van der Waals surface area contributed by atoms with Crippen molar-refractivity contribution in [2.24, 2.45) is 0 Å². The summed E-state index contributed by atoms with van der Waals surface area (Å²) in [5.41, 5.74) is 1.10. The van der Waals surface area contributed by atoms with Crippen LogP contribution < -0.4 is 5.32 Å². The Morgan fingerprint density at radius 1 is 1.50 bits per heavy atom. The summed E-state index contributed by atoms with van der Waals surface area (Å²) in [6.45, 7) is -0.486. The Bertz CT molecular complexity index is 556. The highest BCUT2D eigenvalue weighted by molar-refractivity contribution is 5.97. The van der Waals surface area contributed by atoms with E-state index in [1.165, 1.54) is 0 Å². The summed E-state index contributed by atoms with van der Waals surface area (Å²) >= 11 is 0. The van der Waals surface area contributed by atoms with Crippen LogP contribution in [0.5, 0.6) is 0 Å². The third-order valence-electron chi connectivity index (χ3n) is 2.47. The average molecular weight is 255 g/mol. The van der Waals surface area contributed by atoms with Gasteiger partial charge in [-0.05, 0) is 18.2 Å². The number of fused-ring (bicyclic) bond motifs is 1. The summed E-state index contributed by atoms with van der Waals surface area (Å²) < 4.78 is 24.1. The van der Waals surface area contributed by atoms with Gasteiger partial charge in [-0.3, -0.25) is 9.89 Å². The minimum Gasteiger partial charge on any atom is -0.385 e. The molecule has 0 radical (unpaired) electrons.